The van der Waals surface area contributed by atoms with Crippen LogP contribution in [0, 0.1) is 11.8 Å². The van der Waals surface area contributed by atoms with Gasteiger partial charge in [0.1, 0.15) is 22.8 Å². The highest BCUT2D eigenvalue weighted by Crippen LogP contribution is 2.53. The number of benzene rings is 3. The summed E-state index contributed by atoms with van der Waals surface area (Å²) in [6.07, 6.45) is -0.00189. The molecule has 0 spiro atoms. The van der Waals surface area contributed by atoms with Crippen LogP contribution in [0.5, 0.6) is 17.2 Å². The Hall–Kier alpha value is -4.37. The van der Waals surface area contributed by atoms with E-state index in [0.29, 0.717) is 22.8 Å². The zero-order valence-electron chi connectivity index (χ0n) is 21.2. The average Bonchev–Trinajstić information content (AvgIpc) is 3.42. The van der Waals surface area contributed by atoms with Gasteiger partial charge in [0, 0.05) is 24.1 Å². The van der Waals surface area contributed by atoms with E-state index in [-0.39, 0.29) is 12.1 Å². The maximum Gasteiger partial charge on any atom is 0.325 e. The molecule has 0 radical (unpaired) electrons. The highest BCUT2D eigenvalue weighted by atomic mass is 16.5. The lowest BCUT2D eigenvalue weighted by Crippen LogP contribution is -2.57. The summed E-state index contributed by atoms with van der Waals surface area (Å²) in [5.41, 5.74) is -0.202. The van der Waals surface area contributed by atoms with E-state index >= 15 is 0 Å². The van der Waals surface area contributed by atoms with Crippen molar-refractivity contribution in [1.82, 2.24) is 5.32 Å². The van der Waals surface area contributed by atoms with Crippen LogP contribution in [0.4, 0.5) is 5.69 Å². The molecule has 2 aliphatic rings. The van der Waals surface area contributed by atoms with Gasteiger partial charge in [0.25, 0.3) is 0 Å². The van der Waals surface area contributed by atoms with E-state index in [9.17, 15) is 19.5 Å². The second-order valence-corrected chi connectivity index (χ2v) is 9.36. The molecule has 9 heteroatoms. The fourth-order valence-electron chi connectivity index (χ4n) is 5.75. The Bertz CT molecular complexity index is 1390. The van der Waals surface area contributed by atoms with E-state index in [4.69, 9.17) is 14.2 Å². The molecular weight excluding hydrogens is 488 g/mol. The predicted molar refractivity (Wildman–Crippen MR) is 138 cm³/mol. The molecule has 2 amide bonds. The Morgan fingerprint density at radius 2 is 1.58 bits per heavy atom. The van der Waals surface area contributed by atoms with Gasteiger partial charge in [0.2, 0.25) is 11.8 Å². The summed E-state index contributed by atoms with van der Waals surface area (Å²) in [6, 6.07) is 20.1. The lowest BCUT2D eigenvalue weighted by Gasteiger charge is -2.31. The van der Waals surface area contributed by atoms with Crippen molar-refractivity contribution in [2.24, 2.45) is 11.8 Å². The van der Waals surface area contributed by atoms with E-state index < -0.39 is 41.2 Å². The van der Waals surface area contributed by atoms with Gasteiger partial charge < -0.3 is 19.3 Å². The molecule has 4 atom stereocenters. The first-order valence-electron chi connectivity index (χ1n) is 12.1. The van der Waals surface area contributed by atoms with Crippen LogP contribution in [0.25, 0.3) is 0 Å². The van der Waals surface area contributed by atoms with Crippen molar-refractivity contribution in [3.63, 3.8) is 0 Å². The van der Waals surface area contributed by atoms with Gasteiger partial charge in [-0.1, -0.05) is 48.5 Å². The maximum absolute atomic E-state index is 14.1. The van der Waals surface area contributed by atoms with Crippen molar-refractivity contribution in [3.05, 3.63) is 83.9 Å². The number of carboxylic acids is 1. The summed E-state index contributed by atoms with van der Waals surface area (Å²) in [4.78, 5) is 42.4. The van der Waals surface area contributed by atoms with E-state index in [1.807, 2.05) is 30.3 Å². The number of fused-ring (bicyclic) bond motifs is 1. The first-order chi connectivity index (χ1) is 18.4. The number of carbonyl (C=O) groups excluding carboxylic acids is 2. The third-order valence-electron chi connectivity index (χ3n) is 7.46. The number of rotatable bonds is 8. The quantitative estimate of drug-likeness (QED) is 0.439. The molecule has 2 aliphatic heterocycles. The third kappa shape index (κ3) is 3.86. The molecule has 196 valence electrons. The fraction of sp³-hybridized carbons (Fsp3) is 0.276. The number of carboxylic acid groups (broad SMARTS) is 1. The largest absolute Gasteiger partial charge is 0.497 e. The summed E-state index contributed by atoms with van der Waals surface area (Å²) in [5.74, 6) is -3.21. The van der Waals surface area contributed by atoms with Gasteiger partial charge in [-0.25, -0.2) is 4.90 Å². The van der Waals surface area contributed by atoms with Crippen LogP contribution in [-0.2, 0) is 20.8 Å². The number of ether oxygens (including phenoxy) is 3. The van der Waals surface area contributed by atoms with E-state index in [2.05, 4.69) is 5.32 Å². The highest BCUT2D eigenvalue weighted by Gasteiger charge is 2.69. The molecule has 0 aliphatic carbocycles. The first kappa shape index (κ1) is 25.3. The Kier molecular flexibility index (Phi) is 6.54. The molecule has 5 rings (SSSR count). The Labute approximate surface area is 219 Å². The monoisotopic (exact) mass is 516 g/mol. The average molecular weight is 517 g/mol. The molecule has 3 aromatic carbocycles. The fourth-order valence-corrected chi connectivity index (χ4v) is 5.75. The summed E-state index contributed by atoms with van der Waals surface area (Å²) in [5, 5.41) is 13.9. The van der Waals surface area contributed by atoms with Crippen LogP contribution < -0.4 is 24.4 Å². The number of aliphatic carboxylic acids is 1. The number of anilines is 1. The summed E-state index contributed by atoms with van der Waals surface area (Å²) < 4.78 is 16.4. The Morgan fingerprint density at radius 1 is 0.895 bits per heavy atom. The van der Waals surface area contributed by atoms with Crippen molar-refractivity contribution in [2.45, 2.75) is 18.0 Å². The summed E-state index contributed by atoms with van der Waals surface area (Å²) in [6.45, 7) is 0. The van der Waals surface area contributed by atoms with Crippen LogP contribution in [-0.4, -0.2) is 49.8 Å². The molecule has 3 aromatic rings. The van der Waals surface area contributed by atoms with Crippen LogP contribution >= 0.6 is 0 Å². The van der Waals surface area contributed by atoms with Gasteiger partial charge >= 0.3 is 5.97 Å². The van der Waals surface area contributed by atoms with Gasteiger partial charge in [-0.15, -0.1) is 0 Å². The molecule has 2 N–H and O–H groups in total. The number of nitrogens with one attached hydrogen (secondary N) is 1. The first-order valence-corrected chi connectivity index (χ1v) is 12.1. The normalized spacial score (nSPS) is 24.3. The maximum atomic E-state index is 14.1. The van der Waals surface area contributed by atoms with Crippen molar-refractivity contribution in [1.29, 1.82) is 0 Å². The van der Waals surface area contributed by atoms with E-state index in [1.165, 1.54) is 21.3 Å². The zero-order chi connectivity index (χ0) is 27.0. The Balaban J connectivity index is 1.70. The number of amides is 2. The molecule has 38 heavy (non-hydrogen) atoms. The lowest BCUT2D eigenvalue weighted by molar-refractivity contribution is -0.148. The highest BCUT2D eigenvalue weighted by molar-refractivity contribution is 6.25. The third-order valence-corrected chi connectivity index (χ3v) is 7.46. The van der Waals surface area contributed by atoms with Crippen molar-refractivity contribution in [2.75, 3.05) is 26.2 Å². The number of hydrogen-bond donors (Lipinski definition) is 2. The molecule has 2 heterocycles. The number of imide groups is 1. The molecule has 0 aromatic heterocycles. The Morgan fingerprint density at radius 3 is 2.24 bits per heavy atom. The van der Waals surface area contributed by atoms with Gasteiger partial charge in [-0.05, 0) is 23.8 Å². The van der Waals surface area contributed by atoms with Gasteiger partial charge in [-0.3, -0.25) is 19.7 Å². The topological polar surface area (TPSA) is 114 Å². The number of hydrogen-bond acceptors (Lipinski definition) is 7. The van der Waals surface area contributed by atoms with E-state index in [1.54, 1.807) is 42.5 Å². The predicted octanol–water partition coefficient (Wildman–Crippen LogP) is 3.23. The zero-order valence-corrected chi connectivity index (χ0v) is 21.2. The molecule has 0 saturated carbocycles. The minimum Gasteiger partial charge on any atom is -0.497 e. The molecule has 2 saturated heterocycles. The minimum atomic E-state index is -1.76. The van der Waals surface area contributed by atoms with Gasteiger partial charge in [0.15, 0.2) is 0 Å². The molecule has 9 nitrogen and oxygen atoms in total. The number of methoxy groups -OCH3 is 3. The summed E-state index contributed by atoms with van der Waals surface area (Å²) in [7, 11) is 4.47. The number of para-hydroxylation sites is 2. The standard InChI is InChI=1S/C29H28N2O7/c1-36-18-13-14-19(22(15-18)38-3)25-23-24(29(30-25,28(34)35)16-17-9-5-4-6-10-17)27(33)31(26(23)32)20-11-7-8-12-21(20)37-2/h4-15,23-25,30H,16H2,1-3H3,(H,34,35). The molecule has 0 bridgehead atoms. The second-order valence-electron chi connectivity index (χ2n) is 9.36. The second kappa shape index (κ2) is 9.83. The van der Waals surface area contributed by atoms with Gasteiger partial charge in [-0.2, -0.15) is 0 Å². The molecule has 2 fully saturated rings. The lowest BCUT2D eigenvalue weighted by atomic mass is 9.76. The molecule has 4 unspecified atom stereocenters. The van der Waals surface area contributed by atoms with Crippen LogP contribution in [0.1, 0.15) is 17.2 Å². The SMILES string of the molecule is COc1ccc(C2NC(Cc3ccccc3)(C(=O)O)C3C(=O)N(c4ccccc4OC)C(=O)C23)c(OC)c1. The van der Waals surface area contributed by atoms with Crippen LogP contribution in [0.15, 0.2) is 72.8 Å². The van der Waals surface area contributed by atoms with Crippen LogP contribution in [0.2, 0.25) is 0 Å². The van der Waals surface area contributed by atoms with Crippen molar-refractivity contribution < 1.29 is 33.7 Å². The summed E-state index contributed by atoms with van der Waals surface area (Å²) >= 11 is 0. The number of nitrogens with zero attached hydrogens (tertiary/aromatic N) is 1. The smallest absolute Gasteiger partial charge is 0.325 e. The molecular formula is C29H28N2O7. The van der Waals surface area contributed by atoms with E-state index in [0.717, 1.165) is 10.5 Å². The minimum absolute atomic E-state index is 0.00189. The van der Waals surface area contributed by atoms with Crippen LogP contribution in [0.3, 0.4) is 0 Å². The van der Waals surface area contributed by atoms with Gasteiger partial charge in [0.05, 0.1) is 38.9 Å². The number of carbonyl (C=O) groups is 3. The van der Waals surface area contributed by atoms with Crippen molar-refractivity contribution in [3.8, 4) is 17.2 Å². The van der Waals surface area contributed by atoms with Crippen molar-refractivity contribution >= 4 is 23.5 Å².